The molecule has 1 fully saturated rings. The monoisotopic (exact) mass is 256 g/mol. The van der Waals surface area contributed by atoms with Gasteiger partial charge in [0.1, 0.15) is 11.3 Å². The van der Waals surface area contributed by atoms with Crippen LogP contribution in [-0.4, -0.2) is 27.5 Å². The number of nitrogens with two attached hydrogens (primary N) is 1. The lowest BCUT2D eigenvalue weighted by molar-refractivity contribution is 0.783. The third-order valence-corrected chi connectivity index (χ3v) is 2.98. The van der Waals surface area contributed by atoms with Gasteiger partial charge < -0.3 is 10.6 Å². The minimum atomic E-state index is 0.524. The lowest BCUT2D eigenvalue weighted by Crippen LogP contribution is -2.30. The number of hydrogen-bond acceptors (Lipinski definition) is 4. The zero-order valence-electron chi connectivity index (χ0n) is 8.77. The molecule has 1 aromatic heterocycles. The SMILES string of the molecule is NC(=S)CCN(c1ncncc1Cl)C1CC1. The normalized spacial score (nSPS) is 14.8. The van der Waals surface area contributed by atoms with Crippen LogP contribution >= 0.6 is 23.8 Å². The number of aromatic nitrogens is 2. The molecule has 0 aliphatic heterocycles. The van der Waals surface area contributed by atoms with Crippen LogP contribution in [0.1, 0.15) is 19.3 Å². The van der Waals surface area contributed by atoms with E-state index in [0.29, 0.717) is 22.5 Å². The minimum absolute atomic E-state index is 0.524. The molecule has 1 heterocycles. The Morgan fingerprint density at radius 1 is 1.62 bits per heavy atom. The van der Waals surface area contributed by atoms with Crippen LogP contribution in [0.4, 0.5) is 5.82 Å². The van der Waals surface area contributed by atoms with Crippen molar-refractivity contribution in [3.05, 3.63) is 17.5 Å². The summed E-state index contributed by atoms with van der Waals surface area (Å²) in [5.74, 6) is 0.787. The third-order valence-electron chi connectivity index (χ3n) is 2.51. The number of nitrogens with zero attached hydrogens (tertiary/aromatic N) is 3. The highest BCUT2D eigenvalue weighted by atomic mass is 35.5. The summed E-state index contributed by atoms with van der Waals surface area (Å²) in [6.07, 6.45) is 6.17. The molecule has 16 heavy (non-hydrogen) atoms. The molecule has 1 saturated carbocycles. The Morgan fingerprint density at radius 2 is 2.38 bits per heavy atom. The molecule has 0 radical (unpaired) electrons. The summed E-state index contributed by atoms with van der Waals surface area (Å²) >= 11 is 11.0. The van der Waals surface area contributed by atoms with Gasteiger partial charge in [0.05, 0.1) is 11.2 Å². The van der Waals surface area contributed by atoms with Crippen molar-refractivity contribution in [1.82, 2.24) is 9.97 Å². The molecule has 2 rings (SSSR count). The standard InChI is InChI=1S/C10H13ClN4S/c11-8-5-13-6-14-10(8)15(7-1-2-7)4-3-9(12)16/h5-7H,1-4H2,(H2,12,16). The fraction of sp³-hybridized carbons (Fsp3) is 0.500. The van der Waals surface area contributed by atoms with Crippen LogP contribution in [-0.2, 0) is 0 Å². The Labute approximate surface area is 105 Å². The van der Waals surface area contributed by atoms with Gasteiger partial charge in [-0.05, 0) is 12.8 Å². The second-order valence-electron chi connectivity index (χ2n) is 3.84. The fourth-order valence-corrected chi connectivity index (χ4v) is 1.90. The maximum atomic E-state index is 6.08. The Kier molecular flexibility index (Phi) is 3.56. The van der Waals surface area contributed by atoms with Crippen LogP contribution in [0.3, 0.4) is 0 Å². The van der Waals surface area contributed by atoms with E-state index in [1.807, 2.05) is 0 Å². The molecule has 0 unspecified atom stereocenters. The van der Waals surface area contributed by atoms with Gasteiger partial charge in [0.25, 0.3) is 0 Å². The number of hydrogen-bond donors (Lipinski definition) is 1. The van der Waals surface area contributed by atoms with Gasteiger partial charge in [-0.25, -0.2) is 9.97 Å². The smallest absolute Gasteiger partial charge is 0.151 e. The quantitative estimate of drug-likeness (QED) is 0.814. The van der Waals surface area contributed by atoms with Crippen molar-refractivity contribution >= 4 is 34.6 Å². The van der Waals surface area contributed by atoms with E-state index in [0.717, 1.165) is 12.4 Å². The molecule has 0 saturated heterocycles. The van der Waals surface area contributed by atoms with Crippen molar-refractivity contribution in [3.63, 3.8) is 0 Å². The summed E-state index contributed by atoms with van der Waals surface area (Å²) < 4.78 is 0. The average molecular weight is 257 g/mol. The Bertz CT molecular complexity index is 394. The maximum Gasteiger partial charge on any atom is 0.151 e. The van der Waals surface area contributed by atoms with Gasteiger partial charge in [-0.3, -0.25) is 0 Å². The second-order valence-corrected chi connectivity index (χ2v) is 4.77. The summed E-state index contributed by atoms with van der Waals surface area (Å²) in [6.45, 7) is 0.775. The first kappa shape index (κ1) is 11.5. The van der Waals surface area contributed by atoms with E-state index in [2.05, 4.69) is 14.9 Å². The van der Waals surface area contributed by atoms with E-state index in [1.54, 1.807) is 6.20 Å². The first-order valence-electron chi connectivity index (χ1n) is 5.19. The summed E-state index contributed by atoms with van der Waals surface area (Å²) in [6, 6.07) is 0.529. The van der Waals surface area contributed by atoms with Crippen molar-refractivity contribution in [3.8, 4) is 0 Å². The molecule has 0 amide bonds. The lowest BCUT2D eigenvalue weighted by atomic mass is 10.3. The summed E-state index contributed by atoms with van der Waals surface area (Å²) in [7, 11) is 0. The second kappa shape index (κ2) is 4.93. The molecule has 6 heteroatoms. The largest absolute Gasteiger partial charge is 0.393 e. The molecule has 1 aliphatic rings. The van der Waals surface area contributed by atoms with Crippen molar-refractivity contribution < 1.29 is 0 Å². The topological polar surface area (TPSA) is 55.0 Å². The van der Waals surface area contributed by atoms with Crippen LogP contribution in [0.15, 0.2) is 12.5 Å². The predicted octanol–water partition coefficient (Wildman–Crippen LogP) is 1.77. The van der Waals surface area contributed by atoms with Crippen molar-refractivity contribution in [1.29, 1.82) is 0 Å². The van der Waals surface area contributed by atoms with E-state index < -0.39 is 0 Å². The zero-order valence-corrected chi connectivity index (χ0v) is 10.3. The molecule has 4 nitrogen and oxygen atoms in total. The molecule has 0 spiro atoms. The Hall–Kier alpha value is -0.940. The van der Waals surface area contributed by atoms with Gasteiger partial charge >= 0.3 is 0 Å². The van der Waals surface area contributed by atoms with E-state index in [4.69, 9.17) is 29.6 Å². The first-order chi connectivity index (χ1) is 7.68. The Morgan fingerprint density at radius 3 is 2.94 bits per heavy atom. The van der Waals surface area contributed by atoms with Crippen LogP contribution < -0.4 is 10.6 Å². The summed E-state index contributed by atoms with van der Waals surface area (Å²) in [5.41, 5.74) is 5.52. The predicted molar refractivity (Wildman–Crippen MR) is 68.8 cm³/mol. The molecule has 86 valence electrons. The van der Waals surface area contributed by atoms with Crippen molar-refractivity contribution in [2.45, 2.75) is 25.3 Å². The molecule has 0 aromatic carbocycles. The summed E-state index contributed by atoms with van der Waals surface area (Å²) in [5, 5.41) is 0.581. The number of halogens is 1. The van der Waals surface area contributed by atoms with E-state index >= 15 is 0 Å². The van der Waals surface area contributed by atoms with Gasteiger partial charge in [0.15, 0.2) is 5.82 Å². The summed E-state index contributed by atoms with van der Waals surface area (Å²) in [4.78, 5) is 10.8. The first-order valence-corrected chi connectivity index (χ1v) is 5.97. The molecule has 1 aliphatic carbocycles. The van der Waals surface area contributed by atoms with Gasteiger partial charge in [-0.1, -0.05) is 23.8 Å². The maximum absolute atomic E-state index is 6.08. The van der Waals surface area contributed by atoms with Gasteiger partial charge in [0.2, 0.25) is 0 Å². The van der Waals surface area contributed by atoms with E-state index in [1.165, 1.54) is 19.2 Å². The minimum Gasteiger partial charge on any atom is -0.393 e. The van der Waals surface area contributed by atoms with E-state index in [-0.39, 0.29) is 0 Å². The highest BCUT2D eigenvalue weighted by Crippen LogP contribution is 2.33. The molecular weight excluding hydrogens is 244 g/mol. The van der Waals surface area contributed by atoms with Gasteiger partial charge in [-0.15, -0.1) is 0 Å². The Balaban J connectivity index is 2.12. The fourth-order valence-electron chi connectivity index (χ4n) is 1.60. The van der Waals surface area contributed by atoms with Crippen LogP contribution in [0.5, 0.6) is 0 Å². The van der Waals surface area contributed by atoms with E-state index in [9.17, 15) is 0 Å². The third kappa shape index (κ3) is 2.80. The van der Waals surface area contributed by atoms with Crippen LogP contribution in [0.2, 0.25) is 5.02 Å². The van der Waals surface area contributed by atoms with Crippen LogP contribution in [0.25, 0.3) is 0 Å². The molecular formula is C10H13ClN4S. The lowest BCUT2D eigenvalue weighted by Gasteiger charge is -2.23. The van der Waals surface area contributed by atoms with Gasteiger partial charge in [-0.2, -0.15) is 0 Å². The number of thiocarbonyl (C=S) groups is 1. The highest BCUT2D eigenvalue weighted by Gasteiger charge is 2.30. The van der Waals surface area contributed by atoms with Crippen LogP contribution in [0, 0.1) is 0 Å². The highest BCUT2D eigenvalue weighted by molar-refractivity contribution is 7.80. The zero-order chi connectivity index (χ0) is 11.5. The number of anilines is 1. The molecule has 0 atom stereocenters. The van der Waals surface area contributed by atoms with Crippen molar-refractivity contribution in [2.24, 2.45) is 5.73 Å². The molecule has 2 N–H and O–H groups in total. The average Bonchev–Trinajstić information content (AvgIpc) is 3.04. The number of rotatable bonds is 5. The molecule has 0 bridgehead atoms. The van der Waals surface area contributed by atoms with Gasteiger partial charge in [0, 0.05) is 19.0 Å². The van der Waals surface area contributed by atoms with Crippen molar-refractivity contribution in [2.75, 3.05) is 11.4 Å². The molecule has 1 aromatic rings.